The smallest absolute Gasteiger partial charge is 0.127 e. The van der Waals surface area contributed by atoms with Gasteiger partial charge in [0.05, 0.1) is 6.61 Å². The van der Waals surface area contributed by atoms with Crippen LogP contribution in [0.3, 0.4) is 0 Å². The van der Waals surface area contributed by atoms with Gasteiger partial charge in [0.15, 0.2) is 0 Å². The standard InChI is InChI=1S/C12H20N2O/c1-2-13-12(15-3-1)10-4-9-5-11(12)8-14(6-9)7-10/h9-11,13H,1-8H2. The van der Waals surface area contributed by atoms with Gasteiger partial charge in [-0.2, -0.15) is 0 Å². The van der Waals surface area contributed by atoms with E-state index in [1.54, 1.807) is 0 Å². The van der Waals surface area contributed by atoms with Gasteiger partial charge in [-0.05, 0) is 31.7 Å². The SMILES string of the molecule is C1CNC2(OC1)C1CC3CC2CN(C3)C1. The molecule has 5 fully saturated rings. The van der Waals surface area contributed by atoms with Gasteiger partial charge in [0.1, 0.15) is 5.72 Å². The molecule has 0 aromatic rings. The first-order valence-corrected chi connectivity index (χ1v) is 6.48. The van der Waals surface area contributed by atoms with E-state index in [0.717, 1.165) is 30.9 Å². The lowest BCUT2D eigenvalue weighted by Crippen LogP contribution is -2.73. The molecule has 0 aromatic heterocycles. The number of hydrogen-bond donors (Lipinski definition) is 1. The van der Waals surface area contributed by atoms with E-state index in [-0.39, 0.29) is 5.72 Å². The molecule has 0 aromatic carbocycles. The van der Waals surface area contributed by atoms with Crippen molar-refractivity contribution in [1.82, 2.24) is 10.2 Å². The van der Waals surface area contributed by atoms with E-state index in [0.29, 0.717) is 0 Å². The minimum Gasteiger partial charge on any atom is -0.360 e. The fraction of sp³-hybridized carbons (Fsp3) is 1.00. The lowest BCUT2D eigenvalue weighted by molar-refractivity contribution is -0.239. The minimum absolute atomic E-state index is 0.0890. The van der Waals surface area contributed by atoms with Gasteiger partial charge in [-0.3, -0.25) is 5.32 Å². The summed E-state index contributed by atoms with van der Waals surface area (Å²) in [5.74, 6) is 2.51. The first kappa shape index (κ1) is 8.97. The highest BCUT2D eigenvalue weighted by Gasteiger charge is 2.58. The first-order valence-electron chi connectivity index (χ1n) is 6.48. The van der Waals surface area contributed by atoms with Crippen LogP contribution in [0.25, 0.3) is 0 Å². The third kappa shape index (κ3) is 1.12. The maximum absolute atomic E-state index is 6.20. The van der Waals surface area contributed by atoms with Crippen LogP contribution in [-0.2, 0) is 4.74 Å². The van der Waals surface area contributed by atoms with Gasteiger partial charge in [0.25, 0.3) is 0 Å². The summed E-state index contributed by atoms with van der Waals surface area (Å²) in [5.41, 5.74) is 0.0890. The Morgan fingerprint density at radius 2 is 1.93 bits per heavy atom. The van der Waals surface area contributed by atoms with Crippen molar-refractivity contribution in [3.05, 3.63) is 0 Å². The Kier molecular flexibility index (Phi) is 1.77. The van der Waals surface area contributed by atoms with Crippen molar-refractivity contribution in [2.45, 2.75) is 25.0 Å². The third-order valence-electron chi connectivity index (χ3n) is 4.99. The second-order valence-electron chi connectivity index (χ2n) is 5.87. The van der Waals surface area contributed by atoms with Gasteiger partial charge in [-0.25, -0.2) is 0 Å². The number of hydrogen-bond acceptors (Lipinski definition) is 3. The molecule has 1 spiro atoms. The number of piperidine rings is 3. The van der Waals surface area contributed by atoms with Crippen molar-refractivity contribution in [2.24, 2.45) is 17.8 Å². The van der Waals surface area contributed by atoms with Crippen LogP contribution in [0, 0.1) is 17.8 Å². The second-order valence-corrected chi connectivity index (χ2v) is 5.87. The Balaban J connectivity index is 1.69. The number of rotatable bonds is 0. The van der Waals surface area contributed by atoms with Crippen molar-refractivity contribution in [1.29, 1.82) is 0 Å². The van der Waals surface area contributed by atoms with Crippen LogP contribution in [-0.4, -0.2) is 43.4 Å². The van der Waals surface area contributed by atoms with Crippen molar-refractivity contribution in [3.8, 4) is 0 Å². The summed E-state index contributed by atoms with van der Waals surface area (Å²) in [6, 6.07) is 0. The van der Waals surface area contributed by atoms with Crippen LogP contribution in [0.5, 0.6) is 0 Å². The molecule has 3 nitrogen and oxygen atoms in total. The molecule has 1 aliphatic carbocycles. The summed E-state index contributed by atoms with van der Waals surface area (Å²) >= 11 is 0. The minimum atomic E-state index is 0.0890. The lowest BCUT2D eigenvalue weighted by Gasteiger charge is -2.62. The predicted molar refractivity (Wildman–Crippen MR) is 57.4 cm³/mol. The van der Waals surface area contributed by atoms with Crippen LogP contribution in [0.1, 0.15) is 19.3 Å². The maximum atomic E-state index is 6.20. The number of nitrogens with one attached hydrogen (secondary N) is 1. The Hall–Kier alpha value is -0.120. The van der Waals surface area contributed by atoms with Gasteiger partial charge in [-0.1, -0.05) is 0 Å². The predicted octanol–water partition coefficient (Wildman–Crippen LogP) is 0.664. The summed E-state index contributed by atoms with van der Waals surface area (Å²) in [6.45, 7) is 6.06. The molecule has 4 saturated heterocycles. The van der Waals surface area contributed by atoms with Crippen molar-refractivity contribution in [2.75, 3.05) is 32.8 Å². The zero-order valence-electron chi connectivity index (χ0n) is 9.24. The molecule has 1 N–H and O–H groups in total. The zero-order chi connectivity index (χ0) is 9.88. The van der Waals surface area contributed by atoms with Gasteiger partial charge in [0, 0.05) is 31.5 Å². The quantitative estimate of drug-likeness (QED) is 0.633. The summed E-state index contributed by atoms with van der Waals surface area (Å²) < 4.78 is 6.20. The second kappa shape index (κ2) is 2.96. The molecule has 15 heavy (non-hydrogen) atoms. The van der Waals surface area contributed by atoms with Crippen molar-refractivity contribution in [3.63, 3.8) is 0 Å². The molecule has 84 valence electrons. The molecule has 5 aliphatic rings. The Bertz CT molecular complexity index is 243. The van der Waals surface area contributed by atoms with Crippen LogP contribution in [0.15, 0.2) is 0 Å². The highest BCUT2D eigenvalue weighted by molar-refractivity contribution is 5.07. The molecule has 4 aliphatic heterocycles. The fourth-order valence-electron chi connectivity index (χ4n) is 4.54. The number of nitrogens with zero attached hydrogens (tertiary/aromatic N) is 1. The highest BCUT2D eigenvalue weighted by atomic mass is 16.5. The Labute approximate surface area is 91.2 Å². The van der Waals surface area contributed by atoms with E-state index < -0.39 is 0 Å². The first-order chi connectivity index (χ1) is 7.37. The summed E-state index contributed by atoms with van der Waals surface area (Å²) in [5, 5.41) is 3.73. The molecule has 3 heteroatoms. The van der Waals surface area contributed by atoms with Gasteiger partial charge in [-0.15, -0.1) is 0 Å². The van der Waals surface area contributed by atoms with Gasteiger partial charge >= 0.3 is 0 Å². The number of ether oxygens (including phenoxy) is 1. The van der Waals surface area contributed by atoms with Gasteiger partial charge < -0.3 is 9.64 Å². The normalized spacial score (nSPS) is 57.6. The van der Waals surface area contributed by atoms with E-state index >= 15 is 0 Å². The molecule has 1 saturated carbocycles. The highest BCUT2D eigenvalue weighted by Crippen LogP contribution is 2.50. The van der Waals surface area contributed by atoms with E-state index in [1.165, 1.54) is 38.9 Å². The molecule has 5 rings (SSSR count). The largest absolute Gasteiger partial charge is 0.360 e. The molecule has 2 atom stereocenters. The summed E-state index contributed by atoms with van der Waals surface area (Å²) in [7, 11) is 0. The molecular formula is C12H20N2O. The third-order valence-corrected chi connectivity index (χ3v) is 4.99. The fourth-order valence-corrected chi connectivity index (χ4v) is 4.54. The summed E-state index contributed by atoms with van der Waals surface area (Å²) in [4.78, 5) is 2.66. The monoisotopic (exact) mass is 208 g/mol. The maximum Gasteiger partial charge on any atom is 0.127 e. The molecule has 2 unspecified atom stereocenters. The van der Waals surface area contributed by atoms with Gasteiger partial charge in [0.2, 0.25) is 0 Å². The Morgan fingerprint density at radius 1 is 1.13 bits per heavy atom. The van der Waals surface area contributed by atoms with E-state index in [9.17, 15) is 0 Å². The molecular weight excluding hydrogens is 188 g/mol. The van der Waals surface area contributed by atoms with E-state index in [2.05, 4.69) is 10.2 Å². The summed E-state index contributed by atoms with van der Waals surface area (Å²) in [6.07, 6.45) is 3.99. The average molecular weight is 208 g/mol. The average Bonchev–Trinajstić information content (AvgIpc) is 2.26. The molecule has 4 heterocycles. The van der Waals surface area contributed by atoms with Crippen LogP contribution < -0.4 is 5.32 Å². The van der Waals surface area contributed by atoms with Crippen LogP contribution in [0.4, 0.5) is 0 Å². The van der Waals surface area contributed by atoms with E-state index in [1.807, 2.05) is 0 Å². The zero-order valence-corrected chi connectivity index (χ0v) is 9.24. The Morgan fingerprint density at radius 3 is 2.53 bits per heavy atom. The molecule has 4 bridgehead atoms. The molecule has 0 radical (unpaired) electrons. The van der Waals surface area contributed by atoms with Crippen LogP contribution >= 0.6 is 0 Å². The van der Waals surface area contributed by atoms with E-state index in [4.69, 9.17) is 4.74 Å². The topological polar surface area (TPSA) is 24.5 Å². The molecule has 0 amide bonds. The van der Waals surface area contributed by atoms with Crippen molar-refractivity contribution < 1.29 is 4.74 Å². The van der Waals surface area contributed by atoms with Crippen LogP contribution in [0.2, 0.25) is 0 Å². The van der Waals surface area contributed by atoms with Crippen molar-refractivity contribution >= 4 is 0 Å². The lowest BCUT2D eigenvalue weighted by atomic mass is 9.62.